The molecule has 0 radical (unpaired) electrons. The van der Waals surface area contributed by atoms with Gasteiger partial charge >= 0.3 is 0 Å². The molecule has 1 N–H and O–H groups in total. The standard InChI is InChI=1S/C16H34N2O/c1-7-14-11-19-10-9-18(14)13-16(6,8-2)12-17-15(3,4)5/h14,17H,7-13H2,1-6H3. The maximum Gasteiger partial charge on any atom is 0.0622 e. The number of nitrogens with one attached hydrogen (secondary N) is 1. The first-order valence-electron chi connectivity index (χ1n) is 7.86. The van der Waals surface area contributed by atoms with Gasteiger partial charge in [-0.1, -0.05) is 20.8 Å². The van der Waals surface area contributed by atoms with Gasteiger partial charge in [-0.05, 0) is 39.0 Å². The molecule has 2 unspecified atom stereocenters. The lowest BCUT2D eigenvalue weighted by atomic mass is 9.85. The van der Waals surface area contributed by atoms with Gasteiger partial charge in [-0.15, -0.1) is 0 Å². The molecule has 3 nitrogen and oxygen atoms in total. The molecule has 1 heterocycles. The van der Waals surface area contributed by atoms with Crippen molar-refractivity contribution >= 4 is 0 Å². The molecule has 0 saturated carbocycles. The summed E-state index contributed by atoms with van der Waals surface area (Å²) in [5.74, 6) is 0. The largest absolute Gasteiger partial charge is 0.378 e. The lowest BCUT2D eigenvalue weighted by Crippen LogP contribution is -2.52. The fourth-order valence-electron chi connectivity index (χ4n) is 2.53. The van der Waals surface area contributed by atoms with E-state index in [0.29, 0.717) is 11.5 Å². The highest BCUT2D eigenvalue weighted by Crippen LogP contribution is 2.25. The van der Waals surface area contributed by atoms with Crippen LogP contribution >= 0.6 is 0 Å². The number of rotatable bonds is 6. The Balaban J connectivity index is 2.57. The molecule has 1 aliphatic heterocycles. The van der Waals surface area contributed by atoms with Crippen LogP contribution in [0.1, 0.15) is 54.4 Å². The average molecular weight is 270 g/mol. The third kappa shape index (κ3) is 5.80. The summed E-state index contributed by atoms with van der Waals surface area (Å²) >= 11 is 0. The molecule has 0 aromatic carbocycles. The number of ether oxygens (including phenoxy) is 1. The maximum absolute atomic E-state index is 5.61. The zero-order valence-corrected chi connectivity index (χ0v) is 13.9. The molecule has 1 aliphatic rings. The van der Waals surface area contributed by atoms with Gasteiger partial charge in [-0.3, -0.25) is 4.90 Å². The normalized spacial score (nSPS) is 25.3. The molecular weight excluding hydrogens is 236 g/mol. The van der Waals surface area contributed by atoms with E-state index in [4.69, 9.17) is 4.74 Å². The summed E-state index contributed by atoms with van der Waals surface area (Å²) in [6.45, 7) is 18.9. The van der Waals surface area contributed by atoms with Crippen molar-refractivity contribution in [3.05, 3.63) is 0 Å². The van der Waals surface area contributed by atoms with Crippen molar-refractivity contribution in [2.45, 2.75) is 66.0 Å². The van der Waals surface area contributed by atoms with Gasteiger partial charge in [0.1, 0.15) is 0 Å². The minimum atomic E-state index is 0.200. The monoisotopic (exact) mass is 270 g/mol. The predicted octanol–water partition coefficient (Wildman–Crippen LogP) is 2.90. The fraction of sp³-hybridized carbons (Fsp3) is 1.00. The van der Waals surface area contributed by atoms with Crippen LogP contribution in [-0.4, -0.2) is 49.3 Å². The summed E-state index contributed by atoms with van der Waals surface area (Å²) in [6, 6.07) is 0.606. The zero-order chi connectivity index (χ0) is 14.5. The minimum Gasteiger partial charge on any atom is -0.378 e. The summed E-state index contributed by atoms with van der Waals surface area (Å²) < 4.78 is 5.61. The van der Waals surface area contributed by atoms with E-state index in [-0.39, 0.29) is 5.54 Å². The summed E-state index contributed by atoms with van der Waals surface area (Å²) in [7, 11) is 0. The Morgan fingerprint density at radius 1 is 1.21 bits per heavy atom. The van der Waals surface area contributed by atoms with E-state index < -0.39 is 0 Å². The summed E-state index contributed by atoms with van der Waals surface area (Å²) in [6.07, 6.45) is 2.40. The molecular formula is C16H34N2O. The van der Waals surface area contributed by atoms with Crippen LogP contribution in [0.5, 0.6) is 0 Å². The first-order valence-corrected chi connectivity index (χ1v) is 7.86. The summed E-state index contributed by atoms with van der Waals surface area (Å²) in [5, 5.41) is 3.68. The van der Waals surface area contributed by atoms with Gasteiger partial charge in [0.25, 0.3) is 0 Å². The Labute approximate surface area is 120 Å². The van der Waals surface area contributed by atoms with Crippen LogP contribution in [0.3, 0.4) is 0 Å². The highest BCUT2D eigenvalue weighted by molar-refractivity contribution is 4.86. The van der Waals surface area contributed by atoms with E-state index in [0.717, 1.165) is 26.3 Å². The third-order valence-corrected chi connectivity index (χ3v) is 4.30. The van der Waals surface area contributed by atoms with E-state index in [2.05, 4.69) is 51.8 Å². The van der Waals surface area contributed by atoms with Crippen molar-refractivity contribution in [1.82, 2.24) is 10.2 Å². The molecule has 1 rings (SSSR count). The van der Waals surface area contributed by atoms with Gasteiger partial charge in [0.05, 0.1) is 13.2 Å². The van der Waals surface area contributed by atoms with Crippen LogP contribution in [0.15, 0.2) is 0 Å². The Hall–Kier alpha value is -0.120. The first-order chi connectivity index (χ1) is 8.79. The molecule has 114 valence electrons. The molecule has 0 aromatic heterocycles. The lowest BCUT2D eigenvalue weighted by Gasteiger charge is -2.42. The van der Waals surface area contributed by atoms with Crippen LogP contribution in [0.2, 0.25) is 0 Å². The Morgan fingerprint density at radius 2 is 1.89 bits per heavy atom. The topological polar surface area (TPSA) is 24.5 Å². The second-order valence-corrected chi connectivity index (χ2v) is 7.38. The molecule has 3 heteroatoms. The molecule has 1 saturated heterocycles. The van der Waals surface area contributed by atoms with Crippen LogP contribution < -0.4 is 5.32 Å². The van der Waals surface area contributed by atoms with E-state index in [9.17, 15) is 0 Å². The first kappa shape index (κ1) is 16.9. The summed E-state index contributed by atoms with van der Waals surface area (Å²) in [5.41, 5.74) is 0.545. The fourth-order valence-corrected chi connectivity index (χ4v) is 2.53. The molecule has 0 spiro atoms. The molecule has 2 atom stereocenters. The van der Waals surface area contributed by atoms with Crippen LogP contribution in [0, 0.1) is 5.41 Å². The molecule has 0 bridgehead atoms. The molecule has 0 aromatic rings. The van der Waals surface area contributed by atoms with Crippen molar-refractivity contribution in [3.63, 3.8) is 0 Å². The number of hydrogen-bond donors (Lipinski definition) is 1. The molecule has 0 amide bonds. The Kier molecular flexibility index (Phi) is 6.28. The van der Waals surface area contributed by atoms with Crippen molar-refractivity contribution in [3.8, 4) is 0 Å². The van der Waals surface area contributed by atoms with Gasteiger partial charge in [-0.25, -0.2) is 0 Å². The third-order valence-electron chi connectivity index (χ3n) is 4.30. The van der Waals surface area contributed by atoms with Gasteiger partial charge in [0, 0.05) is 31.2 Å². The Morgan fingerprint density at radius 3 is 2.42 bits per heavy atom. The van der Waals surface area contributed by atoms with Gasteiger partial charge in [0.15, 0.2) is 0 Å². The number of hydrogen-bond acceptors (Lipinski definition) is 3. The highest BCUT2D eigenvalue weighted by atomic mass is 16.5. The van der Waals surface area contributed by atoms with E-state index in [1.807, 2.05) is 0 Å². The highest BCUT2D eigenvalue weighted by Gasteiger charge is 2.31. The van der Waals surface area contributed by atoms with Crippen molar-refractivity contribution in [1.29, 1.82) is 0 Å². The number of morpholine rings is 1. The van der Waals surface area contributed by atoms with Gasteiger partial charge < -0.3 is 10.1 Å². The predicted molar refractivity (Wildman–Crippen MR) is 82.6 cm³/mol. The zero-order valence-electron chi connectivity index (χ0n) is 13.9. The molecule has 1 fully saturated rings. The smallest absolute Gasteiger partial charge is 0.0622 e. The second kappa shape index (κ2) is 7.05. The second-order valence-electron chi connectivity index (χ2n) is 7.38. The van der Waals surface area contributed by atoms with Gasteiger partial charge in [-0.2, -0.15) is 0 Å². The minimum absolute atomic E-state index is 0.200. The van der Waals surface area contributed by atoms with Crippen molar-refractivity contribution < 1.29 is 4.74 Å². The SMILES string of the molecule is CCC1COCCN1CC(C)(CC)CNC(C)(C)C. The van der Waals surface area contributed by atoms with Crippen molar-refractivity contribution in [2.24, 2.45) is 5.41 Å². The molecule has 0 aliphatic carbocycles. The van der Waals surface area contributed by atoms with Crippen LogP contribution in [0.4, 0.5) is 0 Å². The van der Waals surface area contributed by atoms with E-state index >= 15 is 0 Å². The quantitative estimate of drug-likeness (QED) is 0.803. The lowest BCUT2D eigenvalue weighted by molar-refractivity contribution is -0.0270. The van der Waals surface area contributed by atoms with Crippen LogP contribution in [0.25, 0.3) is 0 Å². The Bertz CT molecular complexity index is 262. The van der Waals surface area contributed by atoms with Crippen molar-refractivity contribution in [2.75, 3.05) is 32.8 Å². The van der Waals surface area contributed by atoms with Crippen LogP contribution in [-0.2, 0) is 4.74 Å². The summed E-state index contributed by atoms with van der Waals surface area (Å²) in [4.78, 5) is 2.64. The maximum atomic E-state index is 5.61. The average Bonchev–Trinajstić information content (AvgIpc) is 2.36. The number of nitrogens with zero attached hydrogens (tertiary/aromatic N) is 1. The van der Waals surface area contributed by atoms with Gasteiger partial charge in [0.2, 0.25) is 0 Å². The van der Waals surface area contributed by atoms with E-state index in [1.165, 1.54) is 19.4 Å². The molecule has 19 heavy (non-hydrogen) atoms. The van der Waals surface area contributed by atoms with E-state index in [1.54, 1.807) is 0 Å².